The van der Waals surface area contributed by atoms with Crippen LogP contribution < -0.4 is 10.0 Å². The molecule has 0 spiro atoms. The van der Waals surface area contributed by atoms with E-state index in [0.29, 0.717) is 12.3 Å². The Hall–Kier alpha value is -2.45. The molecule has 1 atom stereocenters. The topological polar surface area (TPSA) is 84.5 Å². The second-order valence-corrected chi connectivity index (χ2v) is 9.26. The average molecular weight is 445 g/mol. The van der Waals surface area contributed by atoms with Crippen LogP contribution in [0, 0.1) is 0 Å². The first-order valence-corrected chi connectivity index (χ1v) is 11.5. The summed E-state index contributed by atoms with van der Waals surface area (Å²) >= 11 is 6.14. The quantitative estimate of drug-likeness (QED) is 0.596. The van der Waals surface area contributed by atoms with Crippen molar-refractivity contribution in [3.63, 3.8) is 0 Å². The molecule has 0 radical (unpaired) electrons. The maximum atomic E-state index is 12.8. The van der Waals surface area contributed by atoms with Crippen LogP contribution in [-0.4, -0.2) is 33.6 Å². The van der Waals surface area contributed by atoms with Crippen LogP contribution in [0.15, 0.2) is 65.6 Å². The molecule has 1 aliphatic heterocycles. The Bertz CT molecular complexity index is 1190. The Balaban J connectivity index is 1.56. The third-order valence-corrected chi connectivity index (χ3v) is 6.95. The van der Waals surface area contributed by atoms with Gasteiger partial charge in [0.2, 0.25) is 10.0 Å². The zero-order valence-electron chi connectivity index (χ0n) is 16.1. The largest absolute Gasteiger partial charge is 0.377 e. The molecule has 0 aromatic heterocycles. The molecule has 2 N–H and O–H groups in total. The van der Waals surface area contributed by atoms with Crippen molar-refractivity contribution < 1.29 is 17.9 Å². The molecular weight excluding hydrogens is 424 g/mol. The number of carbonyl (C=O) groups is 1. The number of fused-ring (bicyclic) bond motifs is 1. The predicted octanol–water partition coefficient (Wildman–Crippen LogP) is 4.20. The van der Waals surface area contributed by atoms with Crippen LogP contribution >= 0.6 is 11.6 Å². The van der Waals surface area contributed by atoms with E-state index < -0.39 is 15.9 Å². The lowest BCUT2D eigenvalue weighted by Gasteiger charge is -2.13. The van der Waals surface area contributed by atoms with Crippen molar-refractivity contribution in [1.29, 1.82) is 0 Å². The highest BCUT2D eigenvalue weighted by Gasteiger charge is 2.23. The number of ether oxygens (including phenoxy) is 1. The first-order valence-electron chi connectivity index (χ1n) is 9.64. The van der Waals surface area contributed by atoms with Gasteiger partial charge in [-0.2, -0.15) is 0 Å². The number of rotatable bonds is 6. The number of sulfonamides is 1. The average Bonchev–Trinajstić information content (AvgIpc) is 3.26. The molecule has 3 aromatic rings. The zero-order valence-corrected chi connectivity index (χ0v) is 17.7. The SMILES string of the molecule is O=C(Nc1cccc2ccccc12)c1ccc(Cl)c(S(=O)(=O)NC[C@@H]2CCCO2)c1. The monoisotopic (exact) mass is 444 g/mol. The van der Waals surface area contributed by atoms with Crippen molar-refractivity contribution in [3.05, 3.63) is 71.2 Å². The fourth-order valence-electron chi connectivity index (χ4n) is 3.47. The minimum atomic E-state index is -3.88. The second-order valence-electron chi connectivity index (χ2n) is 7.11. The summed E-state index contributed by atoms with van der Waals surface area (Å²) in [5, 5.41) is 4.80. The molecule has 0 aliphatic carbocycles. The van der Waals surface area contributed by atoms with Gasteiger partial charge < -0.3 is 10.1 Å². The van der Waals surface area contributed by atoms with Gasteiger partial charge in [0, 0.05) is 29.8 Å². The molecule has 156 valence electrons. The number of nitrogens with one attached hydrogen (secondary N) is 2. The molecule has 0 bridgehead atoms. The molecule has 6 nitrogen and oxygen atoms in total. The molecule has 8 heteroatoms. The third kappa shape index (κ3) is 4.49. The summed E-state index contributed by atoms with van der Waals surface area (Å²) in [7, 11) is -3.88. The minimum Gasteiger partial charge on any atom is -0.377 e. The van der Waals surface area contributed by atoms with Gasteiger partial charge in [-0.25, -0.2) is 13.1 Å². The van der Waals surface area contributed by atoms with Gasteiger partial charge in [-0.15, -0.1) is 0 Å². The van der Waals surface area contributed by atoms with E-state index in [1.54, 1.807) is 6.07 Å². The van der Waals surface area contributed by atoms with E-state index in [-0.39, 0.29) is 28.1 Å². The number of hydrogen-bond acceptors (Lipinski definition) is 4. The van der Waals surface area contributed by atoms with E-state index in [0.717, 1.165) is 23.6 Å². The maximum absolute atomic E-state index is 12.8. The fraction of sp³-hybridized carbons (Fsp3) is 0.227. The first-order chi connectivity index (χ1) is 14.4. The predicted molar refractivity (Wildman–Crippen MR) is 118 cm³/mol. The van der Waals surface area contributed by atoms with E-state index in [1.165, 1.54) is 18.2 Å². The van der Waals surface area contributed by atoms with Crippen molar-refractivity contribution in [1.82, 2.24) is 4.72 Å². The number of halogens is 1. The van der Waals surface area contributed by atoms with Crippen LogP contribution in [0.5, 0.6) is 0 Å². The van der Waals surface area contributed by atoms with Crippen LogP contribution in [-0.2, 0) is 14.8 Å². The van der Waals surface area contributed by atoms with Gasteiger partial charge in [-0.3, -0.25) is 4.79 Å². The molecule has 0 unspecified atom stereocenters. The minimum absolute atomic E-state index is 0.0524. The lowest BCUT2D eigenvalue weighted by molar-refractivity contribution is 0.102. The highest BCUT2D eigenvalue weighted by Crippen LogP contribution is 2.26. The van der Waals surface area contributed by atoms with Crippen LogP contribution in [0.25, 0.3) is 10.8 Å². The summed E-state index contributed by atoms with van der Waals surface area (Å²) in [5.41, 5.74) is 0.846. The summed E-state index contributed by atoms with van der Waals surface area (Å²) in [5.74, 6) is -0.418. The smallest absolute Gasteiger partial charge is 0.255 e. The third-order valence-electron chi connectivity index (χ3n) is 5.05. The number of hydrogen-bond donors (Lipinski definition) is 2. The van der Waals surface area contributed by atoms with E-state index in [9.17, 15) is 13.2 Å². The summed E-state index contributed by atoms with van der Waals surface area (Å²) < 4.78 is 33.5. The van der Waals surface area contributed by atoms with Crippen LogP contribution in [0.3, 0.4) is 0 Å². The number of anilines is 1. The van der Waals surface area contributed by atoms with Crippen LogP contribution in [0.4, 0.5) is 5.69 Å². The van der Waals surface area contributed by atoms with E-state index in [4.69, 9.17) is 16.3 Å². The molecule has 3 aromatic carbocycles. The molecule has 1 heterocycles. The van der Waals surface area contributed by atoms with Gasteiger partial charge in [0.15, 0.2) is 0 Å². The van der Waals surface area contributed by atoms with E-state index in [2.05, 4.69) is 10.0 Å². The molecule has 1 aliphatic rings. The lowest BCUT2D eigenvalue weighted by atomic mass is 10.1. The number of benzene rings is 3. The van der Waals surface area contributed by atoms with Gasteiger partial charge in [0.25, 0.3) is 5.91 Å². The van der Waals surface area contributed by atoms with Crippen molar-refractivity contribution in [2.45, 2.75) is 23.8 Å². The lowest BCUT2D eigenvalue weighted by Crippen LogP contribution is -2.32. The Morgan fingerprint density at radius 3 is 2.70 bits per heavy atom. The molecule has 0 saturated carbocycles. The highest BCUT2D eigenvalue weighted by atomic mass is 35.5. The summed E-state index contributed by atoms with van der Waals surface area (Å²) in [6, 6.07) is 17.5. The van der Waals surface area contributed by atoms with Crippen molar-refractivity contribution >= 4 is 44.0 Å². The number of carbonyl (C=O) groups excluding carboxylic acids is 1. The summed E-state index contributed by atoms with van der Waals surface area (Å²) in [6.45, 7) is 0.808. The molecule has 1 amide bonds. The Labute approximate surface area is 180 Å². The normalized spacial score (nSPS) is 16.6. The van der Waals surface area contributed by atoms with Crippen LogP contribution in [0.1, 0.15) is 23.2 Å². The Morgan fingerprint density at radius 2 is 1.90 bits per heavy atom. The fourth-order valence-corrected chi connectivity index (χ4v) is 5.06. The van der Waals surface area contributed by atoms with Gasteiger partial charge in [0.1, 0.15) is 4.90 Å². The van der Waals surface area contributed by atoms with E-state index >= 15 is 0 Å². The molecule has 1 fully saturated rings. The Kier molecular flexibility index (Phi) is 6.06. The van der Waals surface area contributed by atoms with Gasteiger partial charge in [0.05, 0.1) is 11.1 Å². The van der Waals surface area contributed by atoms with Crippen LogP contribution in [0.2, 0.25) is 5.02 Å². The molecule has 1 saturated heterocycles. The second kappa shape index (κ2) is 8.73. The zero-order chi connectivity index (χ0) is 21.1. The highest BCUT2D eigenvalue weighted by molar-refractivity contribution is 7.89. The summed E-state index contributed by atoms with van der Waals surface area (Å²) in [6.07, 6.45) is 1.58. The van der Waals surface area contributed by atoms with Crippen molar-refractivity contribution in [2.24, 2.45) is 0 Å². The standard InChI is InChI=1S/C22H21ClN2O4S/c23-19-11-10-16(13-21(19)30(27,28)24-14-17-7-4-12-29-17)22(26)25-20-9-3-6-15-5-1-2-8-18(15)20/h1-3,5-6,8-11,13,17,24H,4,7,12,14H2,(H,25,26)/t17-/m0/s1. The van der Waals surface area contributed by atoms with Crippen molar-refractivity contribution in [3.8, 4) is 0 Å². The Morgan fingerprint density at radius 1 is 1.10 bits per heavy atom. The molecule has 30 heavy (non-hydrogen) atoms. The maximum Gasteiger partial charge on any atom is 0.255 e. The molecular formula is C22H21ClN2O4S. The summed E-state index contributed by atoms with van der Waals surface area (Å²) in [4.78, 5) is 12.7. The first kappa shape index (κ1) is 20.8. The van der Waals surface area contributed by atoms with Gasteiger partial charge in [-0.1, -0.05) is 48.0 Å². The molecule has 4 rings (SSSR count). The van der Waals surface area contributed by atoms with Gasteiger partial charge in [-0.05, 0) is 42.5 Å². The van der Waals surface area contributed by atoms with Crippen molar-refractivity contribution in [2.75, 3.05) is 18.5 Å². The number of amides is 1. The van der Waals surface area contributed by atoms with E-state index in [1.807, 2.05) is 36.4 Å². The van der Waals surface area contributed by atoms with Gasteiger partial charge >= 0.3 is 0 Å².